The number of carboxylic acids is 2. The average Bonchev–Trinajstić information content (AvgIpc) is 2.75. The van der Waals surface area contributed by atoms with Gasteiger partial charge in [0, 0.05) is 6.92 Å². The SMILES string of the molecule is CC(O)[N+]1(C(C)C(=O)O)C=CN=C1.C[N+](C)(C)CC(=O)O.[NaH]. The van der Waals surface area contributed by atoms with Crippen molar-refractivity contribution in [3.63, 3.8) is 0 Å². The molecule has 3 unspecified atom stereocenters. The number of carbonyl (C=O) groups is 2. The van der Waals surface area contributed by atoms with Crippen molar-refractivity contribution in [1.82, 2.24) is 0 Å². The molecule has 22 heavy (non-hydrogen) atoms. The molecule has 0 saturated carbocycles. The molecule has 0 radical (unpaired) electrons. The fourth-order valence-corrected chi connectivity index (χ4v) is 1.72. The van der Waals surface area contributed by atoms with Gasteiger partial charge in [-0.2, -0.15) is 0 Å². The first-order valence-corrected chi connectivity index (χ1v) is 6.45. The molecule has 9 heteroatoms. The van der Waals surface area contributed by atoms with E-state index in [1.807, 2.05) is 21.1 Å². The molecule has 3 N–H and O–H groups in total. The first-order valence-electron chi connectivity index (χ1n) is 6.45. The summed E-state index contributed by atoms with van der Waals surface area (Å²) in [6.45, 7) is 3.26. The van der Waals surface area contributed by atoms with E-state index in [-0.39, 0.29) is 40.6 Å². The van der Waals surface area contributed by atoms with Gasteiger partial charge in [-0.05, 0) is 6.92 Å². The van der Waals surface area contributed by atoms with Crippen molar-refractivity contribution < 1.29 is 33.9 Å². The Morgan fingerprint density at radius 1 is 1.23 bits per heavy atom. The molecule has 3 atom stereocenters. The summed E-state index contributed by atoms with van der Waals surface area (Å²) in [4.78, 5) is 24.6. The van der Waals surface area contributed by atoms with E-state index in [0.29, 0.717) is 4.48 Å². The zero-order chi connectivity index (χ0) is 16.8. The topological polar surface area (TPSA) is 107 Å². The molecule has 0 aromatic heterocycles. The van der Waals surface area contributed by atoms with Gasteiger partial charge in [-0.15, -0.1) is 0 Å². The number of hydrogen-bond donors (Lipinski definition) is 3. The second kappa shape index (κ2) is 9.39. The third-order valence-electron chi connectivity index (χ3n) is 2.96. The van der Waals surface area contributed by atoms with E-state index in [1.165, 1.54) is 19.5 Å². The van der Waals surface area contributed by atoms with Crippen molar-refractivity contribution in [2.24, 2.45) is 4.99 Å². The maximum atomic E-state index is 10.8. The maximum absolute atomic E-state index is 10.8. The molecule has 8 nitrogen and oxygen atoms in total. The quantitative estimate of drug-likeness (QED) is 0.455. The van der Waals surface area contributed by atoms with Crippen LogP contribution in [0.5, 0.6) is 0 Å². The van der Waals surface area contributed by atoms with Crippen molar-refractivity contribution in [2.75, 3.05) is 27.7 Å². The van der Waals surface area contributed by atoms with E-state index in [4.69, 9.17) is 10.2 Å². The summed E-state index contributed by atoms with van der Waals surface area (Å²) in [6, 6.07) is -0.734. The minimum absolute atomic E-state index is 0. The van der Waals surface area contributed by atoms with Gasteiger partial charge in [0.05, 0.1) is 27.3 Å². The third kappa shape index (κ3) is 7.48. The Balaban J connectivity index is 0. The molecule has 122 valence electrons. The zero-order valence-corrected chi connectivity index (χ0v) is 13.1. The standard InChI is InChI=1S/C8H12N2O3.C5H11NO2.Na.H/c1-6(8(12)13)10(7(2)11)4-3-9-5-10;1-6(2,3)4-5(7)8;;/h3-7,11H,1-2H3;4H2,1-3H3;;/p+2. The van der Waals surface area contributed by atoms with Crippen LogP contribution < -0.4 is 0 Å². The molecule has 1 aliphatic rings. The number of aliphatic hydroxyl groups is 1. The van der Waals surface area contributed by atoms with Crippen LogP contribution in [0.4, 0.5) is 0 Å². The number of hydrogen-bond acceptors (Lipinski definition) is 4. The van der Waals surface area contributed by atoms with E-state index < -0.39 is 24.2 Å². The summed E-state index contributed by atoms with van der Waals surface area (Å²) in [5.74, 6) is -1.71. The van der Waals surface area contributed by atoms with Gasteiger partial charge in [0.1, 0.15) is 6.20 Å². The van der Waals surface area contributed by atoms with Crippen LogP contribution >= 0.6 is 0 Å². The Labute approximate surface area is 152 Å². The van der Waals surface area contributed by atoms with Crippen molar-refractivity contribution >= 4 is 47.8 Å². The van der Waals surface area contributed by atoms with Crippen LogP contribution in [0, 0.1) is 0 Å². The first kappa shape index (κ1) is 23.5. The van der Waals surface area contributed by atoms with Gasteiger partial charge < -0.3 is 19.8 Å². The predicted molar refractivity (Wildman–Crippen MR) is 84.4 cm³/mol. The van der Waals surface area contributed by atoms with Gasteiger partial charge in [-0.25, -0.2) is 19.1 Å². The van der Waals surface area contributed by atoms with E-state index in [1.54, 1.807) is 13.1 Å². The Kier molecular flexibility index (Phi) is 10.0. The zero-order valence-electron chi connectivity index (χ0n) is 13.1. The fourth-order valence-electron chi connectivity index (χ4n) is 1.72. The predicted octanol–water partition coefficient (Wildman–Crippen LogP) is -0.744. The summed E-state index contributed by atoms with van der Waals surface area (Å²) in [6.07, 6.45) is 3.69. The molecule has 0 amide bonds. The van der Waals surface area contributed by atoms with Crippen LogP contribution in [0.2, 0.25) is 0 Å². The molecular weight excluding hydrogens is 301 g/mol. The molecule has 1 heterocycles. The summed E-state index contributed by atoms with van der Waals surface area (Å²) in [5, 5.41) is 26.6. The Morgan fingerprint density at radius 3 is 1.91 bits per heavy atom. The number of aliphatic carboxylic acids is 2. The van der Waals surface area contributed by atoms with E-state index in [0.717, 1.165) is 0 Å². The van der Waals surface area contributed by atoms with Crippen molar-refractivity contribution in [1.29, 1.82) is 0 Å². The van der Waals surface area contributed by atoms with Gasteiger partial charge in [-0.3, -0.25) is 0 Å². The van der Waals surface area contributed by atoms with Crippen molar-refractivity contribution in [3.8, 4) is 0 Å². The Morgan fingerprint density at radius 2 is 1.73 bits per heavy atom. The number of aliphatic imine (C=N–C) groups is 1. The molecule has 1 rings (SSSR count). The second-order valence-corrected chi connectivity index (χ2v) is 5.95. The molecule has 0 fully saturated rings. The number of aliphatic hydroxyl groups excluding tert-OH is 1. The van der Waals surface area contributed by atoms with Gasteiger partial charge >= 0.3 is 41.5 Å². The average molecular weight is 327 g/mol. The van der Waals surface area contributed by atoms with Gasteiger partial charge in [0.2, 0.25) is 0 Å². The summed E-state index contributed by atoms with van der Waals surface area (Å²) in [7, 11) is 5.52. The normalized spacial score (nSPS) is 22.1. The fraction of sp³-hybridized carbons (Fsp3) is 0.615. The van der Waals surface area contributed by atoms with Gasteiger partial charge in [-0.1, -0.05) is 0 Å². The number of nitrogens with zero attached hydrogens (tertiary/aromatic N) is 3. The number of quaternary nitrogens is 2. The van der Waals surface area contributed by atoms with E-state index >= 15 is 0 Å². The van der Waals surface area contributed by atoms with Crippen LogP contribution in [0.1, 0.15) is 13.8 Å². The summed E-state index contributed by atoms with van der Waals surface area (Å²) < 4.78 is 0.338. The van der Waals surface area contributed by atoms with E-state index in [2.05, 4.69) is 4.99 Å². The van der Waals surface area contributed by atoms with Crippen LogP contribution in [0.15, 0.2) is 17.4 Å². The van der Waals surface area contributed by atoms with Crippen molar-refractivity contribution in [3.05, 3.63) is 12.4 Å². The molecule has 0 aliphatic carbocycles. The van der Waals surface area contributed by atoms with Gasteiger partial charge in [0.15, 0.2) is 25.2 Å². The molecular formula is C13H26N3NaO5+2. The molecule has 0 aromatic rings. The molecule has 0 saturated heterocycles. The minimum atomic E-state index is -0.959. The summed E-state index contributed by atoms with van der Waals surface area (Å²) in [5.41, 5.74) is 0. The van der Waals surface area contributed by atoms with Crippen LogP contribution in [-0.4, -0.2) is 112 Å². The first-order chi connectivity index (χ1) is 9.42. The number of likely N-dealkylation sites (N-methyl/N-ethyl adjacent to an activating group) is 1. The molecule has 1 aliphatic heterocycles. The number of carboxylic acid groups (broad SMARTS) is 2. The Hall–Kier alpha value is -0.770. The third-order valence-corrected chi connectivity index (χ3v) is 2.96. The summed E-state index contributed by atoms with van der Waals surface area (Å²) >= 11 is 0. The monoisotopic (exact) mass is 327 g/mol. The second-order valence-electron chi connectivity index (χ2n) is 5.95. The van der Waals surface area contributed by atoms with Gasteiger partial charge in [0.25, 0.3) is 0 Å². The molecule has 0 spiro atoms. The van der Waals surface area contributed by atoms with E-state index in [9.17, 15) is 14.7 Å². The van der Waals surface area contributed by atoms with Crippen LogP contribution in [0.3, 0.4) is 0 Å². The molecule has 0 bridgehead atoms. The van der Waals surface area contributed by atoms with Crippen molar-refractivity contribution in [2.45, 2.75) is 26.1 Å². The van der Waals surface area contributed by atoms with Crippen LogP contribution in [0.25, 0.3) is 0 Å². The number of rotatable bonds is 5. The van der Waals surface area contributed by atoms with Crippen LogP contribution in [-0.2, 0) is 9.59 Å². The molecule has 0 aromatic carbocycles. The Bertz CT molecular complexity index is 431.